The predicted octanol–water partition coefficient (Wildman–Crippen LogP) is -0.718. The number of amides is 1. The number of benzene rings is 2. The molecule has 3 aromatic rings. The summed E-state index contributed by atoms with van der Waals surface area (Å²) in [5, 5.41) is 6.93. The summed E-state index contributed by atoms with van der Waals surface area (Å²) in [7, 11) is 5.00. The number of methoxy groups -OCH3 is 1. The van der Waals surface area contributed by atoms with E-state index in [0.717, 1.165) is 33.6 Å². The first-order chi connectivity index (χ1) is 15.1. The summed E-state index contributed by atoms with van der Waals surface area (Å²) in [6.07, 6.45) is 0.306. The van der Waals surface area contributed by atoms with Gasteiger partial charge < -0.3 is 42.1 Å². The van der Waals surface area contributed by atoms with Gasteiger partial charge in [0.2, 0.25) is 5.91 Å². The molecule has 2 aromatic carbocycles. The van der Waals surface area contributed by atoms with E-state index in [1.807, 2.05) is 37.4 Å². The van der Waals surface area contributed by atoms with Gasteiger partial charge in [-0.25, -0.2) is 0 Å². The Balaban J connectivity index is 0.00000166. The second-order valence-electron chi connectivity index (χ2n) is 6.48. The Labute approximate surface area is 231 Å². The molecule has 1 amide bonds. The molecular weight excluding hydrogens is 435 g/mol. The van der Waals surface area contributed by atoms with E-state index in [2.05, 4.69) is 26.8 Å². The maximum absolute atomic E-state index is 11.7. The fraction of sp³-hybridized carbons (Fsp3) is 0.318. The van der Waals surface area contributed by atoms with Crippen LogP contribution in [0.4, 0.5) is 5.82 Å². The first-order valence-corrected chi connectivity index (χ1v) is 9.98. The minimum absolute atomic E-state index is 0. The van der Waals surface area contributed by atoms with Crippen molar-refractivity contribution in [3.8, 4) is 11.5 Å². The van der Waals surface area contributed by atoms with Crippen LogP contribution in [0.15, 0.2) is 42.5 Å². The van der Waals surface area contributed by atoms with Crippen LogP contribution in [0.1, 0.15) is 11.1 Å². The number of H-pyrrole nitrogens is 1. The van der Waals surface area contributed by atoms with Crippen molar-refractivity contribution in [3.63, 3.8) is 0 Å². The fourth-order valence-electron chi connectivity index (χ4n) is 3.03. The van der Waals surface area contributed by atoms with E-state index in [9.17, 15) is 4.79 Å². The molecular formula is C22H31KN6O3. The first kappa shape index (κ1) is 28.4. The third-order valence-corrected chi connectivity index (χ3v) is 4.51. The minimum Gasteiger partial charge on any atom is -0.587 e. The number of hydroxylamine groups is 1. The molecule has 0 atom stereocenters. The fourth-order valence-corrected chi connectivity index (χ4v) is 3.03. The van der Waals surface area contributed by atoms with Gasteiger partial charge in [-0.2, -0.15) is 0 Å². The van der Waals surface area contributed by atoms with E-state index in [-0.39, 0.29) is 57.3 Å². The number of hydrogen-bond acceptors (Lipinski definition) is 6. The normalized spacial score (nSPS) is 9.91. The Morgan fingerprint density at radius 2 is 1.81 bits per heavy atom. The standard InChI is InChI=1S/C21H26N5O3.CH5N.K/c1-23-21-18(17-12-16(28-2)7-8-19(17)26-21)13-25-29-15-5-3-14(4-6-15)11-20(27)24-10-9-22;1-2;/h3-8,12,23,26H,9-11,13,22H2,1-2H3,(H,24,27);2H2,1H3;/q-1;;+1. The van der Waals surface area contributed by atoms with Gasteiger partial charge in [-0.15, -0.1) is 0 Å². The molecule has 0 unspecified atom stereocenters. The average molecular weight is 467 g/mol. The van der Waals surface area contributed by atoms with Crippen LogP contribution >= 0.6 is 0 Å². The van der Waals surface area contributed by atoms with Gasteiger partial charge in [0.1, 0.15) is 17.3 Å². The molecule has 0 saturated heterocycles. The first-order valence-electron chi connectivity index (χ1n) is 9.98. The molecule has 1 heterocycles. The van der Waals surface area contributed by atoms with E-state index in [1.54, 1.807) is 19.2 Å². The topological polar surface area (TPSA) is 142 Å². The van der Waals surface area contributed by atoms with Crippen LogP contribution in [-0.4, -0.2) is 45.2 Å². The van der Waals surface area contributed by atoms with Gasteiger partial charge in [-0.3, -0.25) is 4.79 Å². The average Bonchev–Trinajstić information content (AvgIpc) is 3.17. The number of aromatic amines is 1. The number of nitrogens with one attached hydrogen (secondary N) is 3. The number of carbonyl (C=O) groups excluding carboxylic acids is 1. The van der Waals surface area contributed by atoms with Gasteiger partial charge in [0, 0.05) is 31.0 Å². The monoisotopic (exact) mass is 466 g/mol. The molecule has 0 saturated carbocycles. The number of rotatable bonds is 10. The summed E-state index contributed by atoms with van der Waals surface area (Å²) in [6, 6.07) is 13.2. The van der Waals surface area contributed by atoms with Gasteiger partial charge in [0.05, 0.1) is 13.5 Å². The van der Waals surface area contributed by atoms with E-state index >= 15 is 0 Å². The molecule has 9 nitrogen and oxygen atoms in total. The summed E-state index contributed by atoms with van der Waals surface area (Å²) >= 11 is 0. The number of nitrogens with zero attached hydrogens (tertiary/aromatic N) is 1. The molecule has 0 aliphatic carbocycles. The maximum Gasteiger partial charge on any atom is 1.00 e. The molecule has 10 heteroatoms. The third-order valence-electron chi connectivity index (χ3n) is 4.51. The van der Waals surface area contributed by atoms with E-state index < -0.39 is 0 Å². The maximum atomic E-state index is 11.7. The zero-order chi connectivity index (χ0) is 22.6. The molecule has 0 aliphatic heterocycles. The van der Waals surface area contributed by atoms with Crippen LogP contribution in [0.25, 0.3) is 16.4 Å². The summed E-state index contributed by atoms with van der Waals surface area (Å²) < 4.78 is 5.32. The third kappa shape index (κ3) is 8.05. The zero-order valence-electron chi connectivity index (χ0n) is 19.2. The number of anilines is 1. The molecule has 7 N–H and O–H groups in total. The Kier molecular flexibility index (Phi) is 13.5. The van der Waals surface area contributed by atoms with Crippen molar-refractivity contribution in [3.05, 3.63) is 59.1 Å². The quantitative estimate of drug-likeness (QED) is 0.197. The molecule has 32 heavy (non-hydrogen) atoms. The van der Waals surface area contributed by atoms with Gasteiger partial charge >= 0.3 is 51.4 Å². The van der Waals surface area contributed by atoms with E-state index in [0.29, 0.717) is 31.8 Å². The number of fused-ring (bicyclic) bond motifs is 1. The predicted molar refractivity (Wildman–Crippen MR) is 124 cm³/mol. The Morgan fingerprint density at radius 3 is 2.44 bits per heavy atom. The van der Waals surface area contributed by atoms with Gasteiger partial charge in [0.25, 0.3) is 0 Å². The molecule has 1 aromatic heterocycles. The molecule has 0 bridgehead atoms. The Hall–Kier alpha value is -1.63. The molecule has 0 aliphatic rings. The number of carbonyl (C=O) groups is 1. The largest absolute Gasteiger partial charge is 1.00 e. The van der Waals surface area contributed by atoms with Crippen LogP contribution in [-0.2, 0) is 17.8 Å². The minimum atomic E-state index is -0.0526. The van der Waals surface area contributed by atoms with Crippen molar-refractivity contribution in [2.45, 2.75) is 13.0 Å². The van der Waals surface area contributed by atoms with E-state index in [4.69, 9.17) is 15.3 Å². The molecule has 0 fully saturated rings. The number of hydrogen-bond donors (Lipinski definition) is 5. The summed E-state index contributed by atoms with van der Waals surface area (Å²) in [4.78, 5) is 20.6. The van der Waals surface area contributed by atoms with Gasteiger partial charge in [-0.1, -0.05) is 18.7 Å². The van der Waals surface area contributed by atoms with Crippen molar-refractivity contribution in [2.24, 2.45) is 11.5 Å². The van der Waals surface area contributed by atoms with Crippen LogP contribution in [0.3, 0.4) is 0 Å². The zero-order valence-corrected chi connectivity index (χ0v) is 22.3. The van der Waals surface area contributed by atoms with Crippen LogP contribution in [0, 0.1) is 0 Å². The van der Waals surface area contributed by atoms with Crippen LogP contribution in [0.5, 0.6) is 11.5 Å². The van der Waals surface area contributed by atoms with Crippen molar-refractivity contribution in [2.75, 3.05) is 39.6 Å². The Bertz CT molecular complexity index is 962. The van der Waals surface area contributed by atoms with Crippen molar-refractivity contribution < 1.29 is 65.8 Å². The second-order valence-corrected chi connectivity index (χ2v) is 6.48. The SMILES string of the molecule is CN.CNc1[nH]c2ccc(OC)cc2c1C[N-]Oc1ccc(CC(=O)NCCN)cc1.[K+]. The summed E-state index contributed by atoms with van der Waals surface area (Å²) in [6.45, 7) is 1.28. The molecule has 0 radical (unpaired) electrons. The summed E-state index contributed by atoms with van der Waals surface area (Å²) in [5.41, 5.74) is 17.0. The number of ether oxygens (including phenoxy) is 1. The summed E-state index contributed by atoms with van der Waals surface area (Å²) in [5.74, 6) is 2.23. The van der Waals surface area contributed by atoms with Crippen molar-refractivity contribution in [1.82, 2.24) is 10.3 Å². The smallest absolute Gasteiger partial charge is 0.587 e. The van der Waals surface area contributed by atoms with Crippen LogP contribution in [0.2, 0.25) is 0 Å². The van der Waals surface area contributed by atoms with Crippen molar-refractivity contribution >= 4 is 22.6 Å². The van der Waals surface area contributed by atoms with Crippen LogP contribution < -0.4 is 83.1 Å². The van der Waals surface area contributed by atoms with E-state index in [1.165, 1.54) is 7.05 Å². The number of nitrogens with two attached hydrogens (primary N) is 2. The molecule has 168 valence electrons. The molecule has 3 rings (SSSR count). The number of aromatic nitrogens is 1. The van der Waals surface area contributed by atoms with Crippen molar-refractivity contribution in [1.29, 1.82) is 0 Å². The van der Waals surface area contributed by atoms with Gasteiger partial charge in [-0.05, 0) is 48.5 Å². The Morgan fingerprint density at radius 1 is 1.12 bits per heavy atom. The molecule has 0 spiro atoms. The second kappa shape index (κ2) is 15.2. The van der Waals surface area contributed by atoms with Gasteiger partial charge in [0.15, 0.2) is 0 Å².